The van der Waals surface area contributed by atoms with Crippen molar-refractivity contribution in [2.75, 3.05) is 13.1 Å². The van der Waals surface area contributed by atoms with Crippen molar-refractivity contribution in [3.8, 4) is 11.1 Å². The molecule has 0 unspecified atom stereocenters. The molecule has 2 nitrogen and oxygen atoms in total. The Labute approximate surface area is 131 Å². The van der Waals surface area contributed by atoms with Crippen LogP contribution in [0.4, 0.5) is 0 Å². The number of aryl methyl sites for hydroxylation is 1. The third kappa shape index (κ3) is 3.27. The van der Waals surface area contributed by atoms with Crippen LogP contribution in [0.5, 0.6) is 0 Å². The van der Waals surface area contributed by atoms with E-state index in [4.69, 9.17) is 11.6 Å². The van der Waals surface area contributed by atoms with Crippen molar-refractivity contribution in [2.24, 2.45) is 0 Å². The molecule has 0 spiro atoms. The molecule has 0 radical (unpaired) electrons. The van der Waals surface area contributed by atoms with Gasteiger partial charge in [-0.2, -0.15) is 0 Å². The van der Waals surface area contributed by atoms with Gasteiger partial charge in [-0.15, -0.1) is 0 Å². The first-order valence-corrected chi connectivity index (χ1v) is 7.61. The minimum atomic E-state index is 0.0509. The fraction of sp³-hybridized carbons (Fsp3) is 0.278. The summed E-state index contributed by atoms with van der Waals surface area (Å²) >= 11 is 6.15. The zero-order chi connectivity index (χ0) is 15.4. The summed E-state index contributed by atoms with van der Waals surface area (Å²) in [5.41, 5.74) is 3.79. The Bertz CT molecular complexity index is 647. The van der Waals surface area contributed by atoms with Crippen LogP contribution in [-0.4, -0.2) is 23.9 Å². The molecule has 0 aliphatic carbocycles. The lowest BCUT2D eigenvalue weighted by Gasteiger charge is -2.21. The van der Waals surface area contributed by atoms with Crippen molar-refractivity contribution < 1.29 is 4.79 Å². The number of carbonyl (C=O) groups excluding carboxylic acids is 1. The van der Waals surface area contributed by atoms with Gasteiger partial charge < -0.3 is 4.90 Å². The Morgan fingerprint density at radius 3 is 2.33 bits per heavy atom. The number of rotatable bonds is 4. The van der Waals surface area contributed by atoms with Gasteiger partial charge in [-0.05, 0) is 55.7 Å². The molecule has 0 heterocycles. The summed E-state index contributed by atoms with van der Waals surface area (Å²) < 4.78 is 0. The minimum Gasteiger partial charge on any atom is -0.339 e. The normalized spacial score (nSPS) is 10.5. The fourth-order valence-electron chi connectivity index (χ4n) is 2.48. The average molecular weight is 302 g/mol. The lowest BCUT2D eigenvalue weighted by Crippen LogP contribution is -2.30. The maximum Gasteiger partial charge on any atom is 0.254 e. The highest BCUT2D eigenvalue weighted by Gasteiger charge is 2.18. The van der Waals surface area contributed by atoms with Crippen molar-refractivity contribution in [3.05, 3.63) is 58.6 Å². The van der Waals surface area contributed by atoms with Gasteiger partial charge >= 0.3 is 0 Å². The van der Waals surface area contributed by atoms with E-state index in [0.29, 0.717) is 23.7 Å². The molecule has 2 aromatic rings. The Hall–Kier alpha value is -1.80. The van der Waals surface area contributed by atoms with Crippen LogP contribution in [0, 0.1) is 6.92 Å². The van der Waals surface area contributed by atoms with Gasteiger partial charge in [0.1, 0.15) is 0 Å². The first kappa shape index (κ1) is 15.6. The molecule has 0 aliphatic rings. The lowest BCUT2D eigenvalue weighted by molar-refractivity contribution is 0.0774. The predicted molar refractivity (Wildman–Crippen MR) is 88.9 cm³/mol. The molecule has 2 aromatic carbocycles. The van der Waals surface area contributed by atoms with Crippen LogP contribution in [0.25, 0.3) is 11.1 Å². The summed E-state index contributed by atoms with van der Waals surface area (Å²) in [5.74, 6) is 0.0509. The van der Waals surface area contributed by atoms with Crippen LogP contribution >= 0.6 is 11.6 Å². The second-order valence-corrected chi connectivity index (χ2v) is 5.42. The SMILES string of the molecule is CCN(CC)C(=O)c1ccc(Cl)cc1-c1ccccc1C. The quantitative estimate of drug-likeness (QED) is 0.794. The Balaban J connectivity index is 2.58. The van der Waals surface area contributed by atoms with Crippen molar-refractivity contribution in [2.45, 2.75) is 20.8 Å². The molecule has 1 amide bonds. The summed E-state index contributed by atoms with van der Waals surface area (Å²) in [6, 6.07) is 13.5. The van der Waals surface area contributed by atoms with E-state index < -0.39 is 0 Å². The van der Waals surface area contributed by atoms with Crippen LogP contribution in [0.1, 0.15) is 29.8 Å². The summed E-state index contributed by atoms with van der Waals surface area (Å²) in [7, 11) is 0. The van der Waals surface area contributed by atoms with Crippen LogP contribution in [0.3, 0.4) is 0 Å². The Kier molecular flexibility index (Phi) is 5.03. The number of benzene rings is 2. The van der Waals surface area contributed by atoms with Gasteiger partial charge in [0, 0.05) is 23.7 Å². The van der Waals surface area contributed by atoms with E-state index in [2.05, 4.69) is 0 Å². The van der Waals surface area contributed by atoms with E-state index in [1.54, 1.807) is 6.07 Å². The monoisotopic (exact) mass is 301 g/mol. The maximum atomic E-state index is 12.7. The minimum absolute atomic E-state index is 0.0509. The number of carbonyl (C=O) groups is 1. The molecule has 21 heavy (non-hydrogen) atoms. The van der Waals surface area contributed by atoms with Crippen molar-refractivity contribution in [1.29, 1.82) is 0 Å². The van der Waals surface area contributed by atoms with Gasteiger partial charge in [0.15, 0.2) is 0 Å². The summed E-state index contributed by atoms with van der Waals surface area (Å²) in [5, 5.41) is 0.643. The second kappa shape index (κ2) is 6.77. The van der Waals surface area contributed by atoms with E-state index in [9.17, 15) is 4.79 Å². The summed E-state index contributed by atoms with van der Waals surface area (Å²) in [6.45, 7) is 7.42. The highest BCUT2D eigenvalue weighted by molar-refractivity contribution is 6.31. The number of hydrogen-bond acceptors (Lipinski definition) is 1. The average Bonchev–Trinajstić information content (AvgIpc) is 2.48. The maximum absolute atomic E-state index is 12.7. The fourth-order valence-corrected chi connectivity index (χ4v) is 2.65. The van der Waals surface area contributed by atoms with Gasteiger partial charge in [0.25, 0.3) is 5.91 Å². The highest BCUT2D eigenvalue weighted by Crippen LogP contribution is 2.30. The molecule has 0 aromatic heterocycles. The first-order valence-electron chi connectivity index (χ1n) is 7.23. The van der Waals surface area contributed by atoms with Gasteiger partial charge in [-0.25, -0.2) is 0 Å². The van der Waals surface area contributed by atoms with Gasteiger partial charge in [0.2, 0.25) is 0 Å². The first-order chi connectivity index (χ1) is 10.1. The van der Waals surface area contributed by atoms with Gasteiger partial charge in [-0.1, -0.05) is 35.9 Å². The van der Waals surface area contributed by atoms with E-state index in [-0.39, 0.29) is 5.91 Å². The third-order valence-corrected chi connectivity index (χ3v) is 3.93. The van der Waals surface area contributed by atoms with Crippen molar-refractivity contribution in [1.82, 2.24) is 4.90 Å². The van der Waals surface area contributed by atoms with E-state index >= 15 is 0 Å². The van der Waals surface area contributed by atoms with Crippen molar-refractivity contribution >= 4 is 17.5 Å². The largest absolute Gasteiger partial charge is 0.339 e. The molecular formula is C18H20ClNO. The van der Waals surface area contributed by atoms with Crippen LogP contribution in [0.15, 0.2) is 42.5 Å². The van der Waals surface area contributed by atoms with Gasteiger partial charge in [-0.3, -0.25) is 4.79 Å². The van der Waals surface area contributed by atoms with Crippen molar-refractivity contribution in [3.63, 3.8) is 0 Å². The predicted octanol–water partition coefficient (Wildman–Crippen LogP) is 4.80. The topological polar surface area (TPSA) is 20.3 Å². The van der Waals surface area contributed by atoms with Crippen LogP contribution in [-0.2, 0) is 0 Å². The number of hydrogen-bond donors (Lipinski definition) is 0. The Morgan fingerprint density at radius 1 is 1.05 bits per heavy atom. The second-order valence-electron chi connectivity index (χ2n) is 4.98. The van der Waals surface area contributed by atoms with Crippen LogP contribution < -0.4 is 0 Å². The lowest BCUT2D eigenvalue weighted by atomic mass is 9.95. The molecule has 2 rings (SSSR count). The standard InChI is InChI=1S/C18H20ClNO/c1-4-20(5-2)18(21)16-11-10-14(19)12-17(16)15-9-7-6-8-13(15)3/h6-12H,4-5H2,1-3H3. The van der Waals surface area contributed by atoms with E-state index in [0.717, 1.165) is 16.7 Å². The molecule has 0 saturated carbocycles. The number of amides is 1. The number of nitrogens with zero attached hydrogens (tertiary/aromatic N) is 1. The summed E-state index contributed by atoms with van der Waals surface area (Å²) in [6.07, 6.45) is 0. The van der Waals surface area contributed by atoms with E-state index in [1.807, 2.05) is 62.1 Å². The molecule has 0 N–H and O–H groups in total. The van der Waals surface area contributed by atoms with Crippen LogP contribution in [0.2, 0.25) is 5.02 Å². The molecule has 3 heteroatoms. The van der Waals surface area contributed by atoms with E-state index in [1.165, 1.54) is 0 Å². The molecule has 0 fully saturated rings. The van der Waals surface area contributed by atoms with Gasteiger partial charge in [0.05, 0.1) is 0 Å². The molecule has 0 atom stereocenters. The molecule has 0 bridgehead atoms. The zero-order valence-corrected chi connectivity index (χ0v) is 13.4. The smallest absolute Gasteiger partial charge is 0.254 e. The Morgan fingerprint density at radius 2 is 1.71 bits per heavy atom. The molecule has 110 valence electrons. The number of halogens is 1. The third-order valence-electron chi connectivity index (χ3n) is 3.70. The molecule has 0 saturated heterocycles. The highest BCUT2D eigenvalue weighted by atomic mass is 35.5. The molecular weight excluding hydrogens is 282 g/mol. The summed E-state index contributed by atoms with van der Waals surface area (Å²) in [4.78, 5) is 14.5. The molecule has 0 aliphatic heterocycles. The zero-order valence-electron chi connectivity index (χ0n) is 12.7.